The predicted octanol–water partition coefficient (Wildman–Crippen LogP) is 16.5. The number of carbonyl (C=O) groups excluding carboxylic acids is 1. The van der Waals surface area contributed by atoms with E-state index in [1.807, 2.05) is 0 Å². The smallest absolute Gasteiger partial charge is 0.220 e. The largest absolute Gasteiger partial charge is 0.394 e. The summed E-state index contributed by atoms with van der Waals surface area (Å²) in [5.41, 5.74) is 0. The van der Waals surface area contributed by atoms with Gasteiger partial charge in [0.15, 0.2) is 6.29 Å². The molecule has 0 bridgehead atoms. The Kier molecular flexibility index (Phi) is 51.7. The molecule has 1 rings (SSSR count). The molecule has 0 aromatic carbocycles. The van der Waals surface area contributed by atoms with Crippen LogP contribution in [0.25, 0.3) is 0 Å². The third-order valence-corrected chi connectivity index (χ3v) is 15.2. The van der Waals surface area contributed by atoms with Crippen LogP contribution in [0.2, 0.25) is 0 Å². The normalized spacial score (nSPS) is 19.3. The van der Waals surface area contributed by atoms with E-state index in [-0.39, 0.29) is 12.5 Å². The highest BCUT2D eigenvalue weighted by atomic mass is 16.7. The van der Waals surface area contributed by atoms with E-state index in [2.05, 4.69) is 67.8 Å². The van der Waals surface area contributed by atoms with Crippen LogP contribution in [0.4, 0.5) is 0 Å². The van der Waals surface area contributed by atoms with Gasteiger partial charge in [-0.2, -0.15) is 0 Å². The molecule has 7 atom stereocenters. The van der Waals surface area contributed by atoms with E-state index in [0.717, 1.165) is 64.2 Å². The number of amides is 1. The topological polar surface area (TPSA) is 149 Å². The Labute approximate surface area is 456 Å². The number of carbonyl (C=O) groups is 1. The second kappa shape index (κ2) is 54.5. The Morgan fingerprint density at radius 2 is 0.838 bits per heavy atom. The second-order valence-electron chi connectivity index (χ2n) is 22.2. The van der Waals surface area contributed by atoms with Gasteiger partial charge in [-0.05, 0) is 51.4 Å². The van der Waals surface area contributed by atoms with Crippen molar-refractivity contribution in [2.45, 2.75) is 346 Å². The number of ether oxygens (including phenoxy) is 2. The highest BCUT2D eigenvalue weighted by Gasteiger charge is 2.44. The van der Waals surface area contributed by atoms with Gasteiger partial charge in [0.05, 0.1) is 25.4 Å². The molecule has 0 aromatic rings. The molecule has 0 radical (unpaired) electrons. The van der Waals surface area contributed by atoms with Crippen molar-refractivity contribution in [3.8, 4) is 0 Å². The summed E-state index contributed by atoms with van der Waals surface area (Å²) in [4.78, 5) is 13.1. The van der Waals surface area contributed by atoms with E-state index in [0.29, 0.717) is 12.8 Å². The van der Waals surface area contributed by atoms with Gasteiger partial charge in [-0.15, -0.1) is 0 Å². The van der Waals surface area contributed by atoms with Gasteiger partial charge in [-0.3, -0.25) is 4.79 Å². The molecule has 7 unspecified atom stereocenters. The molecule has 6 N–H and O–H groups in total. The number of rotatable bonds is 55. The molecular weight excluding hydrogens is 923 g/mol. The Morgan fingerprint density at radius 3 is 1.24 bits per heavy atom. The van der Waals surface area contributed by atoms with Crippen molar-refractivity contribution in [2.24, 2.45) is 0 Å². The van der Waals surface area contributed by atoms with Gasteiger partial charge < -0.3 is 40.3 Å². The van der Waals surface area contributed by atoms with Crippen LogP contribution < -0.4 is 5.32 Å². The molecular formula is C65H121NO8. The molecule has 1 fully saturated rings. The van der Waals surface area contributed by atoms with Crippen molar-refractivity contribution in [1.82, 2.24) is 5.32 Å². The maximum absolute atomic E-state index is 13.1. The molecule has 9 nitrogen and oxygen atoms in total. The molecule has 1 heterocycles. The molecule has 1 aliphatic heterocycles. The average molecular weight is 1040 g/mol. The van der Waals surface area contributed by atoms with Gasteiger partial charge in [0, 0.05) is 6.42 Å². The van der Waals surface area contributed by atoms with Crippen LogP contribution in [0.1, 0.15) is 303 Å². The lowest BCUT2D eigenvalue weighted by Crippen LogP contribution is -2.60. The maximum atomic E-state index is 13.1. The van der Waals surface area contributed by atoms with Gasteiger partial charge in [-0.25, -0.2) is 0 Å². The molecule has 434 valence electrons. The third kappa shape index (κ3) is 43.2. The zero-order chi connectivity index (χ0) is 53.6. The number of allylic oxidation sites excluding steroid dienone is 8. The zero-order valence-corrected chi connectivity index (χ0v) is 48.4. The summed E-state index contributed by atoms with van der Waals surface area (Å²) in [6, 6.07) is -0.720. The minimum absolute atomic E-state index is 0.136. The number of unbranched alkanes of at least 4 members (excludes halogenated alkanes) is 37. The first-order valence-electron chi connectivity index (χ1n) is 31.8. The first-order chi connectivity index (χ1) is 36.3. The van der Waals surface area contributed by atoms with Crippen LogP contribution in [0, 0.1) is 0 Å². The molecule has 74 heavy (non-hydrogen) atoms. The number of aliphatic hydroxyl groups excluding tert-OH is 5. The average Bonchev–Trinajstić information content (AvgIpc) is 3.40. The van der Waals surface area contributed by atoms with Crippen molar-refractivity contribution in [1.29, 1.82) is 0 Å². The Morgan fingerprint density at radius 1 is 0.473 bits per heavy atom. The first kappa shape index (κ1) is 70.2. The zero-order valence-electron chi connectivity index (χ0n) is 48.4. The van der Waals surface area contributed by atoms with E-state index in [9.17, 15) is 30.3 Å². The molecule has 0 aromatic heterocycles. The highest BCUT2D eigenvalue weighted by Crippen LogP contribution is 2.23. The summed E-state index contributed by atoms with van der Waals surface area (Å²) in [6.07, 6.45) is 65.8. The van der Waals surface area contributed by atoms with Gasteiger partial charge >= 0.3 is 0 Å². The monoisotopic (exact) mass is 1040 g/mol. The Bertz CT molecular complexity index is 1300. The Hall–Kier alpha value is -1.85. The Balaban J connectivity index is 2.15. The van der Waals surface area contributed by atoms with E-state index in [1.54, 1.807) is 0 Å². The van der Waals surface area contributed by atoms with Crippen molar-refractivity contribution in [3.05, 3.63) is 48.6 Å². The lowest BCUT2D eigenvalue weighted by atomic mass is 9.99. The molecule has 1 saturated heterocycles. The lowest BCUT2D eigenvalue weighted by Gasteiger charge is -2.40. The van der Waals surface area contributed by atoms with Crippen molar-refractivity contribution < 1.29 is 39.8 Å². The van der Waals surface area contributed by atoms with Crippen LogP contribution in [0.15, 0.2) is 48.6 Å². The molecule has 0 saturated carbocycles. The van der Waals surface area contributed by atoms with Crippen molar-refractivity contribution in [2.75, 3.05) is 13.2 Å². The standard InChI is InChI=1S/C65H121NO8/c1-3-5-7-9-11-13-15-17-19-21-23-25-27-28-29-30-31-32-33-35-37-39-41-43-45-47-49-51-53-55-61(69)66-58(57-73-65-64(72)63(71)62(70)60(56-67)74-65)59(68)54-52-50-48-46-44-42-40-38-36-34-26-24-22-20-18-16-14-12-10-8-6-4-2/h5,7,11,13,17,19,23,25,58-60,62-65,67-68,70-72H,3-4,6,8-10,12,14-16,18,20-22,24,26-57H2,1-2H3,(H,66,69)/b7-5-,13-11-,19-17-,25-23-. The minimum atomic E-state index is -1.55. The van der Waals surface area contributed by atoms with Gasteiger partial charge in [0.1, 0.15) is 24.4 Å². The molecule has 1 amide bonds. The van der Waals surface area contributed by atoms with Crippen molar-refractivity contribution in [3.63, 3.8) is 0 Å². The summed E-state index contributed by atoms with van der Waals surface area (Å²) in [7, 11) is 0. The summed E-state index contributed by atoms with van der Waals surface area (Å²) in [5.74, 6) is -0.141. The fourth-order valence-corrected chi connectivity index (χ4v) is 10.2. The summed E-state index contributed by atoms with van der Waals surface area (Å²) in [5, 5.41) is 54.8. The van der Waals surface area contributed by atoms with Gasteiger partial charge in [-0.1, -0.05) is 294 Å². The molecule has 0 aliphatic carbocycles. The van der Waals surface area contributed by atoms with E-state index < -0.39 is 49.5 Å². The van der Waals surface area contributed by atoms with Crippen molar-refractivity contribution >= 4 is 5.91 Å². The number of aliphatic hydroxyl groups is 5. The van der Waals surface area contributed by atoms with Crippen LogP contribution in [-0.2, 0) is 14.3 Å². The van der Waals surface area contributed by atoms with Crippen LogP contribution in [-0.4, -0.2) is 87.5 Å². The first-order valence-corrected chi connectivity index (χ1v) is 31.8. The third-order valence-electron chi connectivity index (χ3n) is 15.2. The van der Waals surface area contributed by atoms with Gasteiger partial charge in [0.2, 0.25) is 5.91 Å². The van der Waals surface area contributed by atoms with E-state index in [4.69, 9.17) is 9.47 Å². The van der Waals surface area contributed by atoms with E-state index in [1.165, 1.54) is 212 Å². The van der Waals surface area contributed by atoms with Gasteiger partial charge in [0.25, 0.3) is 0 Å². The fourth-order valence-electron chi connectivity index (χ4n) is 10.2. The summed E-state index contributed by atoms with van der Waals surface area (Å²) in [6.45, 7) is 3.76. The SMILES string of the molecule is CC/C=C\C/C=C\C/C=C\C/C=C\CCCCCCCCCCCCCCCCCCC(=O)NC(COC1OC(CO)C(O)C(O)C1O)C(O)CCCCCCCCCCCCCCCCCCCCCCCC. The number of nitrogens with one attached hydrogen (secondary N) is 1. The fraction of sp³-hybridized carbons (Fsp3) is 0.862. The predicted molar refractivity (Wildman–Crippen MR) is 313 cm³/mol. The quantitative estimate of drug-likeness (QED) is 0.0261. The highest BCUT2D eigenvalue weighted by molar-refractivity contribution is 5.76. The summed E-state index contributed by atoms with van der Waals surface area (Å²) < 4.78 is 11.3. The minimum Gasteiger partial charge on any atom is -0.394 e. The lowest BCUT2D eigenvalue weighted by molar-refractivity contribution is -0.302. The molecule has 9 heteroatoms. The molecule has 1 aliphatic rings. The maximum Gasteiger partial charge on any atom is 0.220 e. The van der Waals surface area contributed by atoms with Crippen LogP contribution >= 0.6 is 0 Å². The number of hydrogen-bond acceptors (Lipinski definition) is 8. The summed E-state index contributed by atoms with van der Waals surface area (Å²) >= 11 is 0. The second-order valence-corrected chi connectivity index (χ2v) is 22.2. The molecule has 0 spiro atoms. The van der Waals surface area contributed by atoms with E-state index >= 15 is 0 Å². The number of hydrogen-bond donors (Lipinski definition) is 6. The van der Waals surface area contributed by atoms with Crippen LogP contribution in [0.5, 0.6) is 0 Å². The van der Waals surface area contributed by atoms with Crippen LogP contribution in [0.3, 0.4) is 0 Å².